The lowest BCUT2D eigenvalue weighted by atomic mass is 10.0. The Balaban J connectivity index is 2.18. The van der Waals surface area contributed by atoms with Crippen LogP contribution in [-0.4, -0.2) is 0 Å². The van der Waals surface area contributed by atoms with Crippen LogP contribution >= 0.6 is 0 Å². The van der Waals surface area contributed by atoms with E-state index in [4.69, 9.17) is 4.74 Å². The third kappa shape index (κ3) is 3.02. The molecule has 0 saturated carbocycles. The zero-order valence-corrected chi connectivity index (χ0v) is 11.2. The number of halogens is 1. The second-order valence-electron chi connectivity index (χ2n) is 4.60. The van der Waals surface area contributed by atoms with Crippen LogP contribution in [0.5, 0.6) is 5.75 Å². The van der Waals surface area contributed by atoms with Gasteiger partial charge in [-0.1, -0.05) is 48.6 Å². The van der Waals surface area contributed by atoms with Gasteiger partial charge in [-0.3, -0.25) is 0 Å². The molecule has 2 aromatic rings. The Bertz CT molecular complexity index is 588. The zero-order valence-electron chi connectivity index (χ0n) is 11.2. The Morgan fingerprint density at radius 3 is 2.47 bits per heavy atom. The molecule has 2 heteroatoms. The average Bonchev–Trinajstić information content (AvgIpc) is 2.41. The summed E-state index contributed by atoms with van der Waals surface area (Å²) in [5, 5.41) is 0. The molecule has 0 radical (unpaired) electrons. The van der Waals surface area contributed by atoms with Gasteiger partial charge in [0.1, 0.15) is 6.61 Å². The average molecular weight is 256 g/mol. The minimum Gasteiger partial charge on any atom is -0.486 e. The van der Waals surface area contributed by atoms with Gasteiger partial charge in [-0.25, -0.2) is 4.39 Å². The molecule has 0 spiro atoms. The van der Waals surface area contributed by atoms with Crippen molar-refractivity contribution in [1.29, 1.82) is 0 Å². The van der Waals surface area contributed by atoms with Gasteiger partial charge in [0.15, 0.2) is 11.6 Å². The number of ether oxygens (including phenoxy) is 1. The molecule has 0 amide bonds. The first kappa shape index (κ1) is 13.3. The SMILES string of the molecule is C=C(C)c1ccc(OCc2ccccc2)c(F)c1C. The molecule has 0 aromatic heterocycles. The molecule has 0 aliphatic rings. The maximum absolute atomic E-state index is 14.2. The third-order valence-corrected chi connectivity index (χ3v) is 3.05. The molecular formula is C17H17FO. The lowest BCUT2D eigenvalue weighted by Gasteiger charge is -2.12. The highest BCUT2D eigenvalue weighted by molar-refractivity contribution is 5.65. The van der Waals surface area contributed by atoms with E-state index in [0.29, 0.717) is 12.2 Å². The van der Waals surface area contributed by atoms with Gasteiger partial charge in [-0.05, 0) is 36.6 Å². The first-order valence-electron chi connectivity index (χ1n) is 6.21. The minimum atomic E-state index is -0.309. The molecule has 2 rings (SSSR count). The molecule has 1 nitrogen and oxygen atoms in total. The number of allylic oxidation sites excluding steroid dienone is 1. The van der Waals surface area contributed by atoms with Gasteiger partial charge in [-0.15, -0.1) is 0 Å². The van der Waals surface area contributed by atoms with Crippen molar-refractivity contribution in [2.45, 2.75) is 20.5 Å². The van der Waals surface area contributed by atoms with Gasteiger partial charge in [0, 0.05) is 0 Å². The maximum atomic E-state index is 14.2. The van der Waals surface area contributed by atoms with Crippen LogP contribution in [0.4, 0.5) is 4.39 Å². The highest BCUT2D eigenvalue weighted by Gasteiger charge is 2.11. The van der Waals surface area contributed by atoms with E-state index in [1.54, 1.807) is 13.0 Å². The molecule has 0 N–H and O–H groups in total. The van der Waals surface area contributed by atoms with Crippen molar-refractivity contribution in [2.75, 3.05) is 0 Å². The summed E-state index contributed by atoms with van der Waals surface area (Å²) in [6.45, 7) is 7.82. The van der Waals surface area contributed by atoms with Crippen molar-refractivity contribution in [1.82, 2.24) is 0 Å². The Morgan fingerprint density at radius 2 is 1.84 bits per heavy atom. The van der Waals surface area contributed by atoms with Crippen molar-refractivity contribution >= 4 is 5.57 Å². The molecular weight excluding hydrogens is 239 g/mol. The topological polar surface area (TPSA) is 9.23 Å². The fourth-order valence-corrected chi connectivity index (χ4v) is 1.97. The number of hydrogen-bond acceptors (Lipinski definition) is 1. The van der Waals surface area contributed by atoms with Crippen LogP contribution < -0.4 is 4.74 Å². The molecule has 19 heavy (non-hydrogen) atoms. The number of hydrogen-bond donors (Lipinski definition) is 0. The first-order valence-corrected chi connectivity index (χ1v) is 6.21. The van der Waals surface area contributed by atoms with E-state index in [1.807, 2.05) is 43.3 Å². The largest absolute Gasteiger partial charge is 0.486 e. The second-order valence-corrected chi connectivity index (χ2v) is 4.60. The second kappa shape index (κ2) is 5.70. The Hall–Kier alpha value is -2.09. The van der Waals surface area contributed by atoms with Crippen molar-refractivity contribution in [2.24, 2.45) is 0 Å². The fourth-order valence-electron chi connectivity index (χ4n) is 1.97. The van der Waals surface area contributed by atoms with E-state index in [-0.39, 0.29) is 11.6 Å². The predicted molar refractivity (Wildman–Crippen MR) is 76.6 cm³/mol. The molecule has 0 bridgehead atoms. The Morgan fingerprint density at radius 1 is 1.16 bits per heavy atom. The predicted octanol–water partition coefficient (Wildman–Crippen LogP) is 4.75. The van der Waals surface area contributed by atoms with Gasteiger partial charge in [0.25, 0.3) is 0 Å². The molecule has 0 saturated heterocycles. The van der Waals surface area contributed by atoms with Crippen LogP contribution in [0.2, 0.25) is 0 Å². The van der Waals surface area contributed by atoms with Crippen molar-refractivity contribution in [3.05, 3.63) is 71.6 Å². The van der Waals surface area contributed by atoms with Crippen LogP contribution in [0.25, 0.3) is 5.57 Å². The molecule has 0 aliphatic heterocycles. The van der Waals surface area contributed by atoms with Gasteiger partial charge in [-0.2, -0.15) is 0 Å². The Kier molecular flexibility index (Phi) is 4.00. The summed E-state index contributed by atoms with van der Waals surface area (Å²) < 4.78 is 19.7. The first-order chi connectivity index (χ1) is 9.09. The monoisotopic (exact) mass is 256 g/mol. The van der Waals surface area contributed by atoms with E-state index in [1.165, 1.54) is 0 Å². The molecule has 0 heterocycles. The van der Waals surface area contributed by atoms with Crippen LogP contribution in [0.15, 0.2) is 49.0 Å². The Labute approximate surface area is 113 Å². The lowest BCUT2D eigenvalue weighted by molar-refractivity contribution is 0.289. The van der Waals surface area contributed by atoms with Gasteiger partial charge < -0.3 is 4.74 Å². The molecule has 98 valence electrons. The lowest BCUT2D eigenvalue weighted by Crippen LogP contribution is -2.00. The van der Waals surface area contributed by atoms with Gasteiger partial charge in [0.2, 0.25) is 0 Å². The highest BCUT2D eigenvalue weighted by Crippen LogP contribution is 2.27. The standard InChI is InChI=1S/C17H17FO/c1-12(2)15-9-10-16(17(18)13(15)3)19-11-14-7-5-4-6-8-14/h4-10H,1,11H2,2-3H3. The minimum absolute atomic E-state index is 0.284. The van der Waals surface area contributed by atoms with E-state index < -0.39 is 0 Å². The molecule has 0 fully saturated rings. The maximum Gasteiger partial charge on any atom is 0.168 e. The number of benzene rings is 2. The summed E-state index contributed by atoms with van der Waals surface area (Å²) in [6, 6.07) is 13.2. The summed E-state index contributed by atoms with van der Waals surface area (Å²) in [5.41, 5.74) is 3.29. The van der Waals surface area contributed by atoms with Crippen molar-refractivity contribution in [3.63, 3.8) is 0 Å². The fraction of sp³-hybridized carbons (Fsp3) is 0.176. The highest BCUT2D eigenvalue weighted by atomic mass is 19.1. The molecule has 0 aliphatic carbocycles. The molecule has 0 atom stereocenters. The smallest absolute Gasteiger partial charge is 0.168 e. The van der Waals surface area contributed by atoms with Crippen LogP contribution in [0.1, 0.15) is 23.6 Å². The quantitative estimate of drug-likeness (QED) is 0.767. The van der Waals surface area contributed by atoms with Crippen LogP contribution in [0, 0.1) is 12.7 Å². The van der Waals surface area contributed by atoms with Crippen LogP contribution in [-0.2, 0) is 6.61 Å². The summed E-state index contributed by atoms with van der Waals surface area (Å²) in [6.07, 6.45) is 0. The summed E-state index contributed by atoms with van der Waals surface area (Å²) in [5.74, 6) is -0.0252. The van der Waals surface area contributed by atoms with Crippen molar-refractivity contribution < 1.29 is 9.13 Å². The summed E-state index contributed by atoms with van der Waals surface area (Å²) in [4.78, 5) is 0. The zero-order chi connectivity index (χ0) is 13.8. The third-order valence-electron chi connectivity index (χ3n) is 3.05. The van der Waals surface area contributed by atoms with E-state index in [0.717, 1.165) is 16.7 Å². The molecule has 2 aromatic carbocycles. The van der Waals surface area contributed by atoms with E-state index >= 15 is 0 Å². The normalized spacial score (nSPS) is 10.3. The van der Waals surface area contributed by atoms with Crippen LogP contribution in [0.3, 0.4) is 0 Å². The summed E-state index contributed by atoms with van der Waals surface area (Å²) in [7, 11) is 0. The number of rotatable bonds is 4. The van der Waals surface area contributed by atoms with Gasteiger partial charge in [0.05, 0.1) is 0 Å². The van der Waals surface area contributed by atoms with E-state index in [9.17, 15) is 4.39 Å². The van der Waals surface area contributed by atoms with E-state index in [2.05, 4.69) is 6.58 Å². The van der Waals surface area contributed by atoms with Crippen molar-refractivity contribution in [3.8, 4) is 5.75 Å². The molecule has 0 unspecified atom stereocenters. The van der Waals surface area contributed by atoms with Gasteiger partial charge >= 0.3 is 0 Å². The summed E-state index contributed by atoms with van der Waals surface area (Å²) >= 11 is 0.